The molecule has 3 aromatic rings. The van der Waals surface area contributed by atoms with Crippen molar-refractivity contribution >= 4 is 44.1 Å². The van der Waals surface area contributed by atoms with E-state index in [1.807, 2.05) is 19.9 Å². The van der Waals surface area contributed by atoms with E-state index in [1.165, 1.54) is 16.0 Å². The Bertz CT molecular complexity index is 996. The molecule has 1 saturated heterocycles. The summed E-state index contributed by atoms with van der Waals surface area (Å²) in [5, 5.41) is 6.20. The second-order valence-electron chi connectivity index (χ2n) is 5.88. The number of thiophene rings is 2. The molecule has 8 heteroatoms. The van der Waals surface area contributed by atoms with Gasteiger partial charge in [-0.25, -0.2) is 4.98 Å². The molecule has 4 heterocycles. The maximum absolute atomic E-state index is 12.6. The van der Waals surface area contributed by atoms with E-state index in [9.17, 15) is 4.79 Å². The third-order valence-electron chi connectivity index (χ3n) is 4.32. The summed E-state index contributed by atoms with van der Waals surface area (Å²) < 4.78 is 6.70. The summed E-state index contributed by atoms with van der Waals surface area (Å²) in [6.07, 6.45) is 3.21. The van der Waals surface area contributed by atoms with Crippen molar-refractivity contribution in [3.05, 3.63) is 44.1 Å². The Balaban J connectivity index is 1.61. The van der Waals surface area contributed by atoms with E-state index < -0.39 is 0 Å². The lowest BCUT2D eigenvalue weighted by Crippen LogP contribution is -2.35. The molecule has 0 saturated carbocycles. The number of hydrogen-bond donors (Lipinski definition) is 0. The van der Waals surface area contributed by atoms with Gasteiger partial charge in [0.25, 0.3) is 5.56 Å². The van der Waals surface area contributed by atoms with Crippen LogP contribution in [0.3, 0.4) is 0 Å². The van der Waals surface area contributed by atoms with Gasteiger partial charge in [0.15, 0.2) is 0 Å². The molecule has 0 spiro atoms. The Morgan fingerprint density at radius 1 is 1.24 bits per heavy atom. The maximum Gasteiger partial charge on any atom is 0.282 e. The SMILES string of the molecule is Cc1sc2ncn(/N=C/c3ccc(N4CCOCC4)s3)c(=O)c2c1C. The summed E-state index contributed by atoms with van der Waals surface area (Å²) in [6, 6.07) is 4.11. The molecule has 6 nitrogen and oxygen atoms in total. The van der Waals surface area contributed by atoms with Crippen LogP contribution in [0, 0.1) is 13.8 Å². The van der Waals surface area contributed by atoms with Crippen LogP contribution in [-0.4, -0.2) is 42.2 Å². The number of anilines is 1. The van der Waals surface area contributed by atoms with Gasteiger partial charge in [0.1, 0.15) is 11.2 Å². The molecule has 0 aliphatic carbocycles. The minimum Gasteiger partial charge on any atom is -0.378 e. The first kappa shape index (κ1) is 16.4. The zero-order chi connectivity index (χ0) is 17.4. The van der Waals surface area contributed by atoms with E-state index in [2.05, 4.69) is 21.1 Å². The van der Waals surface area contributed by atoms with Crippen LogP contribution in [0.1, 0.15) is 15.3 Å². The van der Waals surface area contributed by atoms with Crippen molar-refractivity contribution in [2.24, 2.45) is 5.10 Å². The fourth-order valence-electron chi connectivity index (χ4n) is 2.79. The fourth-order valence-corrected chi connectivity index (χ4v) is 4.71. The minimum absolute atomic E-state index is 0.118. The molecule has 4 rings (SSSR count). The standard InChI is InChI=1S/C17H18N4O2S2/c1-11-12(2)24-16-15(11)17(22)21(10-18-16)19-9-13-3-4-14(25-13)20-5-7-23-8-6-20/h3-4,9-10H,5-8H2,1-2H3/b19-9+. The highest BCUT2D eigenvalue weighted by Gasteiger charge is 2.13. The molecule has 3 aromatic heterocycles. The van der Waals surface area contributed by atoms with Gasteiger partial charge in [-0.3, -0.25) is 4.79 Å². The van der Waals surface area contributed by atoms with Crippen molar-refractivity contribution in [3.8, 4) is 0 Å². The zero-order valence-corrected chi connectivity index (χ0v) is 15.7. The smallest absolute Gasteiger partial charge is 0.282 e. The van der Waals surface area contributed by atoms with Crippen LogP contribution >= 0.6 is 22.7 Å². The number of morpholine rings is 1. The lowest BCUT2D eigenvalue weighted by atomic mass is 10.2. The molecular formula is C17H18N4O2S2. The first-order chi connectivity index (χ1) is 12.1. The molecule has 0 aromatic carbocycles. The molecule has 1 aliphatic rings. The maximum atomic E-state index is 12.6. The first-order valence-corrected chi connectivity index (χ1v) is 9.71. The van der Waals surface area contributed by atoms with Gasteiger partial charge in [-0.2, -0.15) is 9.78 Å². The molecule has 0 atom stereocenters. The van der Waals surface area contributed by atoms with Gasteiger partial charge in [-0.05, 0) is 31.5 Å². The Hall–Kier alpha value is -2.03. The second-order valence-corrected chi connectivity index (χ2v) is 8.17. The van der Waals surface area contributed by atoms with E-state index in [4.69, 9.17) is 4.74 Å². The predicted molar refractivity (Wildman–Crippen MR) is 104 cm³/mol. The number of ether oxygens (including phenoxy) is 1. The molecular weight excluding hydrogens is 356 g/mol. The molecule has 25 heavy (non-hydrogen) atoms. The summed E-state index contributed by atoms with van der Waals surface area (Å²) in [5.74, 6) is 0. The largest absolute Gasteiger partial charge is 0.378 e. The monoisotopic (exact) mass is 374 g/mol. The third kappa shape index (κ3) is 3.12. The normalized spacial score (nSPS) is 15.5. The molecule has 1 fully saturated rings. The average Bonchev–Trinajstić information content (AvgIpc) is 3.21. The number of fused-ring (bicyclic) bond motifs is 1. The van der Waals surface area contributed by atoms with Crippen molar-refractivity contribution in [2.75, 3.05) is 31.2 Å². The molecule has 1 aliphatic heterocycles. The Labute approximate surface area is 153 Å². The topological polar surface area (TPSA) is 59.7 Å². The van der Waals surface area contributed by atoms with Gasteiger partial charge in [0, 0.05) is 22.8 Å². The van der Waals surface area contributed by atoms with Crippen LogP contribution in [0.4, 0.5) is 5.00 Å². The van der Waals surface area contributed by atoms with Crippen LogP contribution in [0.25, 0.3) is 10.2 Å². The Morgan fingerprint density at radius 3 is 2.84 bits per heavy atom. The van der Waals surface area contributed by atoms with E-state index >= 15 is 0 Å². The fraction of sp³-hybridized carbons (Fsp3) is 0.353. The Morgan fingerprint density at radius 2 is 2.04 bits per heavy atom. The highest BCUT2D eigenvalue weighted by atomic mass is 32.1. The minimum atomic E-state index is -0.118. The van der Waals surface area contributed by atoms with Gasteiger partial charge in [0.2, 0.25) is 0 Å². The zero-order valence-electron chi connectivity index (χ0n) is 14.1. The number of nitrogens with zero attached hydrogens (tertiary/aromatic N) is 4. The van der Waals surface area contributed by atoms with E-state index in [0.29, 0.717) is 5.39 Å². The van der Waals surface area contributed by atoms with Crippen LogP contribution in [0.15, 0.2) is 28.4 Å². The van der Waals surface area contributed by atoms with Gasteiger partial charge < -0.3 is 9.64 Å². The molecule has 0 N–H and O–H groups in total. The lowest BCUT2D eigenvalue weighted by Gasteiger charge is -2.27. The highest BCUT2D eigenvalue weighted by molar-refractivity contribution is 7.18. The first-order valence-electron chi connectivity index (χ1n) is 8.08. The molecule has 0 unspecified atom stereocenters. The van der Waals surface area contributed by atoms with Crippen molar-refractivity contribution in [1.82, 2.24) is 9.66 Å². The van der Waals surface area contributed by atoms with Crippen LogP contribution in [0.5, 0.6) is 0 Å². The number of aryl methyl sites for hydroxylation is 2. The van der Waals surface area contributed by atoms with Crippen LogP contribution in [-0.2, 0) is 4.74 Å². The summed E-state index contributed by atoms with van der Waals surface area (Å²) in [4.78, 5) is 22.2. The number of aromatic nitrogens is 2. The second kappa shape index (κ2) is 6.70. The molecule has 0 bridgehead atoms. The lowest BCUT2D eigenvalue weighted by molar-refractivity contribution is 0.123. The predicted octanol–water partition coefficient (Wildman–Crippen LogP) is 2.86. The van der Waals surface area contributed by atoms with E-state index in [1.54, 1.807) is 28.9 Å². The quantitative estimate of drug-likeness (QED) is 0.662. The average molecular weight is 374 g/mol. The summed E-state index contributed by atoms with van der Waals surface area (Å²) in [7, 11) is 0. The van der Waals surface area contributed by atoms with Gasteiger partial charge in [0.05, 0.1) is 29.8 Å². The number of hydrogen-bond acceptors (Lipinski definition) is 7. The Kier molecular flexibility index (Phi) is 4.41. The van der Waals surface area contributed by atoms with Crippen LogP contribution in [0.2, 0.25) is 0 Å². The summed E-state index contributed by atoms with van der Waals surface area (Å²) in [6.45, 7) is 7.32. The summed E-state index contributed by atoms with van der Waals surface area (Å²) in [5.41, 5.74) is 0.876. The molecule has 0 amide bonds. The third-order valence-corrected chi connectivity index (χ3v) is 6.51. The van der Waals surface area contributed by atoms with E-state index in [-0.39, 0.29) is 5.56 Å². The van der Waals surface area contributed by atoms with Gasteiger partial charge in [-0.15, -0.1) is 22.7 Å². The van der Waals surface area contributed by atoms with Crippen molar-refractivity contribution < 1.29 is 4.74 Å². The van der Waals surface area contributed by atoms with Crippen molar-refractivity contribution in [2.45, 2.75) is 13.8 Å². The molecule has 0 radical (unpaired) electrons. The van der Waals surface area contributed by atoms with Crippen molar-refractivity contribution in [1.29, 1.82) is 0 Å². The highest BCUT2D eigenvalue weighted by Crippen LogP contribution is 2.26. The van der Waals surface area contributed by atoms with Gasteiger partial charge >= 0.3 is 0 Å². The van der Waals surface area contributed by atoms with Gasteiger partial charge in [-0.1, -0.05) is 0 Å². The van der Waals surface area contributed by atoms with Crippen molar-refractivity contribution in [3.63, 3.8) is 0 Å². The molecule has 130 valence electrons. The summed E-state index contributed by atoms with van der Waals surface area (Å²) >= 11 is 3.21. The number of rotatable bonds is 3. The van der Waals surface area contributed by atoms with Crippen LogP contribution < -0.4 is 10.5 Å². The van der Waals surface area contributed by atoms with E-state index in [0.717, 1.165) is 46.5 Å².